The minimum absolute atomic E-state index is 0. The fraction of sp³-hybridized carbons (Fsp3) is 0.200. The van der Waals surface area contributed by atoms with Gasteiger partial charge in [-0.25, -0.2) is 0 Å². The molecule has 0 N–H and O–H groups in total. The molecule has 0 aliphatic carbocycles. The number of hydrogen-bond acceptors (Lipinski definition) is 6. The molecular weight excluding hydrogens is 858 g/mol. The molecule has 0 aliphatic heterocycles. The van der Waals surface area contributed by atoms with Crippen LogP contribution in [0, 0.1) is 0 Å². The zero-order chi connectivity index (χ0) is 37.4. The Morgan fingerprint density at radius 3 is 0.636 bits per heavy atom. The lowest BCUT2D eigenvalue weighted by Crippen LogP contribution is -2.48. The summed E-state index contributed by atoms with van der Waals surface area (Å²) in [5, 5.41) is 6.28. The minimum atomic E-state index is -3.03. The van der Waals surface area contributed by atoms with Crippen LogP contribution < -0.4 is 60.2 Å². The zero-order valence-electron chi connectivity index (χ0n) is 32.3. The van der Waals surface area contributed by atoms with Crippen LogP contribution in [-0.4, -0.2) is 48.1 Å². The van der Waals surface area contributed by atoms with E-state index >= 15 is 0 Å². The van der Waals surface area contributed by atoms with Crippen molar-refractivity contribution in [1.29, 1.82) is 0 Å². The number of methoxy groups -OCH3 is 6. The van der Waals surface area contributed by atoms with Gasteiger partial charge in [-0.3, -0.25) is 0 Å². The van der Waals surface area contributed by atoms with Crippen LogP contribution in [0.25, 0.3) is 0 Å². The molecule has 0 saturated carbocycles. The maximum atomic E-state index is 6.38. The maximum Gasteiger partial charge on any atom is 0.197 e. The van der Waals surface area contributed by atoms with Crippen molar-refractivity contribution in [3.63, 3.8) is 0 Å². The third-order valence-corrected chi connectivity index (χ3v) is 21.4. The van der Waals surface area contributed by atoms with E-state index in [1.807, 2.05) is 36.4 Å². The Morgan fingerprint density at radius 1 is 0.327 bits per heavy atom. The van der Waals surface area contributed by atoms with Gasteiger partial charge in [0.2, 0.25) is 0 Å². The predicted octanol–water partition coefficient (Wildman–Crippen LogP) is 8.92. The molecular formula is C45H50Br2O6P2+2. The van der Waals surface area contributed by atoms with E-state index in [2.05, 4.69) is 116 Å². The lowest BCUT2D eigenvalue weighted by Gasteiger charge is -2.42. The molecule has 0 atom stereocenters. The predicted molar refractivity (Wildman–Crippen MR) is 244 cm³/mol. The topological polar surface area (TPSA) is 55.4 Å². The van der Waals surface area contributed by atoms with E-state index in [1.165, 1.54) is 0 Å². The van der Waals surface area contributed by atoms with E-state index in [1.54, 1.807) is 42.7 Å². The normalized spacial score (nSPS) is 11.1. The highest BCUT2D eigenvalue weighted by Crippen LogP contribution is 2.81. The van der Waals surface area contributed by atoms with Gasteiger partial charge in [0.05, 0.1) is 42.7 Å². The molecule has 0 spiro atoms. The van der Waals surface area contributed by atoms with Gasteiger partial charge in [0.15, 0.2) is 86.2 Å². The second-order valence-electron chi connectivity index (χ2n) is 12.4. The Morgan fingerprint density at radius 2 is 0.491 bits per heavy atom. The average molecular weight is 909 g/mol. The first kappa shape index (κ1) is 43.7. The molecule has 0 aromatic heterocycles. The molecule has 0 aliphatic rings. The quantitative estimate of drug-likeness (QED) is 0.0961. The molecule has 288 valence electrons. The summed E-state index contributed by atoms with van der Waals surface area (Å²) in [7, 11) is 4.46. The molecule has 0 fully saturated rings. The number of ether oxygens (including phenoxy) is 6. The van der Waals surface area contributed by atoms with Gasteiger partial charge in [-0.2, -0.15) is 0 Å². The summed E-state index contributed by atoms with van der Waals surface area (Å²) < 4.78 is 38.3. The van der Waals surface area contributed by atoms with E-state index in [-0.39, 0.29) is 39.4 Å². The van der Waals surface area contributed by atoms with Crippen LogP contribution in [0.2, 0.25) is 0 Å². The fourth-order valence-electron chi connectivity index (χ4n) is 8.08. The van der Waals surface area contributed by atoms with Crippen molar-refractivity contribution < 1.29 is 28.4 Å². The summed E-state index contributed by atoms with van der Waals surface area (Å²) >= 11 is 0. The maximum absolute atomic E-state index is 6.38. The second-order valence-corrected chi connectivity index (χ2v) is 19.8. The van der Waals surface area contributed by atoms with Crippen molar-refractivity contribution in [3.05, 3.63) is 146 Å². The summed E-state index contributed by atoms with van der Waals surface area (Å²) in [4.78, 5) is 0. The van der Waals surface area contributed by atoms with Crippen LogP contribution in [0.4, 0.5) is 0 Å². The van der Waals surface area contributed by atoms with E-state index in [9.17, 15) is 0 Å². The largest absolute Gasteiger partial charge is 0.493 e. The average Bonchev–Trinajstić information content (AvgIpc) is 3.24. The van der Waals surface area contributed by atoms with Gasteiger partial charge >= 0.3 is 0 Å². The summed E-state index contributed by atoms with van der Waals surface area (Å²) in [6.45, 7) is 2.30. The van der Waals surface area contributed by atoms with Gasteiger partial charge in [-0.05, 0) is 72.8 Å². The molecule has 0 amide bonds. The van der Waals surface area contributed by atoms with Gasteiger partial charge in [0.25, 0.3) is 0 Å². The van der Waals surface area contributed by atoms with Crippen molar-refractivity contribution in [2.75, 3.05) is 42.7 Å². The Kier molecular flexibility index (Phi) is 15.6. The van der Waals surface area contributed by atoms with Gasteiger partial charge < -0.3 is 28.4 Å². The number of benzene rings is 6. The summed E-state index contributed by atoms with van der Waals surface area (Å²) in [5.74, 6) is 4.72. The standard InChI is InChI=1S/C45H48O6P2.2BrH/c1-8-45(52(39-27-15-9-21-33(39)46-2,40-28-16-10-22-34(40)47-3)41-29-17-11-23-35(41)48-4)53(42-30-18-12-24-36(42)49-5,43-31-19-13-25-37(43)50-6)44-32-20-14-26-38(44)51-7;;/h9-32,45H,8H2,1-7H3;2*1H/q+2;;. The third kappa shape index (κ3) is 7.47. The zero-order valence-corrected chi connectivity index (χ0v) is 37.5. The molecule has 0 radical (unpaired) electrons. The van der Waals surface area contributed by atoms with E-state index in [4.69, 9.17) is 28.4 Å². The monoisotopic (exact) mass is 906 g/mol. The SMILES string of the molecule is Br.Br.CCC([P+](c1ccccc1OC)(c1ccccc1OC)c1ccccc1OC)[P+](c1ccccc1OC)(c1ccccc1OC)c1ccccc1OC. The first-order valence-electron chi connectivity index (χ1n) is 17.6. The molecule has 55 heavy (non-hydrogen) atoms. The first-order valence-corrected chi connectivity index (χ1v) is 21.3. The number of halogens is 2. The Balaban J connectivity index is 0.00000336. The van der Waals surface area contributed by atoms with Crippen molar-refractivity contribution in [2.45, 2.75) is 18.7 Å². The summed E-state index contributed by atoms with van der Waals surface area (Å²) in [6, 6.07) is 50.7. The highest BCUT2D eigenvalue weighted by Gasteiger charge is 2.72. The Bertz CT molecular complexity index is 1780. The molecule has 6 nitrogen and oxygen atoms in total. The molecule has 6 aromatic rings. The van der Waals surface area contributed by atoms with Gasteiger partial charge in [0.1, 0.15) is 0 Å². The first-order chi connectivity index (χ1) is 26.0. The molecule has 0 saturated heterocycles. The fourth-order valence-corrected chi connectivity index (χ4v) is 22.0. The molecule has 0 heterocycles. The smallest absolute Gasteiger partial charge is 0.197 e. The van der Waals surface area contributed by atoms with E-state index < -0.39 is 14.5 Å². The van der Waals surface area contributed by atoms with Crippen molar-refractivity contribution in [1.82, 2.24) is 0 Å². The van der Waals surface area contributed by atoms with Gasteiger partial charge in [0, 0.05) is 6.42 Å². The van der Waals surface area contributed by atoms with Crippen LogP contribution >= 0.6 is 48.5 Å². The van der Waals surface area contributed by atoms with Crippen LogP contribution in [0.3, 0.4) is 0 Å². The van der Waals surface area contributed by atoms with Gasteiger partial charge in [-0.15, -0.1) is 34.0 Å². The second kappa shape index (κ2) is 19.7. The molecule has 0 unspecified atom stereocenters. The molecule has 6 aromatic carbocycles. The lowest BCUT2D eigenvalue weighted by molar-refractivity contribution is 0.416. The molecule has 0 bridgehead atoms. The van der Waals surface area contributed by atoms with Gasteiger partial charge in [-0.1, -0.05) is 79.7 Å². The highest BCUT2D eigenvalue weighted by atomic mass is 79.9. The third-order valence-electron chi connectivity index (χ3n) is 10.1. The van der Waals surface area contributed by atoms with Crippen LogP contribution in [0.1, 0.15) is 13.3 Å². The highest BCUT2D eigenvalue weighted by molar-refractivity contribution is 8.93. The van der Waals surface area contributed by atoms with Crippen LogP contribution in [0.15, 0.2) is 146 Å². The van der Waals surface area contributed by atoms with Crippen molar-refractivity contribution in [2.24, 2.45) is 0 Å². The number of para-hydroxylation sites is 6. The molecule has 10 heteroatoms. The van der Waals surface area contributed by atoms with E-state index in [0.717, 1.165) is 72.7 Å². The van der Waals surface area contributed by atoms with E-state index in [0.29, 0.717) is 0 Å². The number of hydrogen-bond donors (Lipinski definition) is 0. The van der Waals surface area contributed by atoms with Crippen LogP contribution in [-0.2, 0) is 0 Å². The van der Waals surface area contributed by atoms with Crippen molar-refractivity contribution in [3.8, 4) is 34.5 Å². The Labute approximate surface area is 348 Å². The lowest BCUT2D eigenvalue weighted by atomic mass is 10.3. The summed E-state index contributed by atoms with van der Waals surface area (Å²) in [6.07, 6.45) is 0.726. The molecule has 6 rings (SSSR count). The number of rotatable bonds is 15. The summed E-state index contributed by atoms with van der Waals surface area (Å²) in [5.41, 5.74) is 0. The minimum Gasteiger partial charge on any atom is -0.493 e. The van der Waals surface area contributed by atoms with Crippen LogP contribution in [0.5, 0.6) is 34.5 Å². The Hall–Kier alpha value is -4.06. The van der Waals surface area contributed by atoms with Crippen molar-refractivity contribution >= 4 is 80.3 Å².